The Hall–Kier alpha value is -2.87. The summed E-state index contributed by atoms with van der Waals surface area (Å²) in [7, 11) is 0. The molecule has 2 rings (SSSR count). The fourth-order valence-electron chi connectivity index (χ4n) is 2.67. The van der Waals surface area contributed by atoms with Crippen LogP contribution in [-0.2, 0) is 25.6 Å². The third kappa shape index (κ3) is 5.10. The lowest BCUT2D eigenvalue weighted by molar-refractivity contribution is -0.144. The number of esters is 2. The number of fused-ring (bicyclic) bond motifs is 1. The maximum Gasteiger partial charge on any atom is 0.326 e. The van der Waals surface area contributed by atoms with Crippen LogP contribution in [-0.4, -0.2) is 42.2 Å². The van der Waals surface area contributed by atoms with Gasteiger partial charge in [-0.2, -0.15) is 0 Å². The van der Waals surface area contributed by atoms with Crippen LogP contribution in [0.3, 0.4) is 0 Å². The van der Waals surface area contributed by atoms with Gasteiger partial charge >= 0.3 is 11.9 Å². The molecule has 1 N–H and O–H groups in total. The van der Waals surface area contributed by atoms with Crippen molar-refractivity contribution in [1.29, 1.82) is 0 Å². The number of rotatable bonds is 8. The number of nitrogens with one attached hydrogen (secondary N) is 1. The van der Waals surface area contributed by atoms with Crippen molar-refractivity contribution in [2.24, 2.45) is 0 Å². The van der Waals surface area contributed by atoms with Gasteiger partial charge in [-0.1, -0.05) is 17.7 Å². The third-order valence-electron chi connectivity index (χ3n) is 3.84. The predicted molar refractivity (Wildman–Crippen MR) is 103 cm³/mol. The first kappa shape index (κ1) is 21.4. The standard InChI is InChI=1S/C19H21ClN2O6/c1-3-27-15(23)9-10-21-18(25)17-13-7-5-12(20)6-8-14(13)22(19(17)26)11-16(24)28-4-2/h5-8H,3-4,9-11H2,1-2H3,(H,21,25). The number of carbonyl (C=O) groups is 3. The molecule has 0 radical (unpaired) electrons. The summed E-state index contributed by atoms with van der Waals surface area (Å²) in [5.41, 5.74) is -0.0373. The molecule has 0 aromatic heterocycles. The lowest BCUT2D eigenvalue weighted by atomic mass is 10.1. The van der Waals surface area contributed by atoms with E-state index in [4.69, 9.17) is 21.1 Å². The SMILES string of the molecule is CCOC(=O)CCNC(=O)c1c2ccc(Cl)ccc-2n(CC(=O)OCC)c1=O. The topological polar surface area (TPSA) is 104 Å². The normalized spacial score (nSPS) is 10.5. The number of nitrogens with zero attached hydrogens (tertiary/aromatic N) is 1. The molecule has 0 atom stereocenters. The Morgan fingerprint density at radius 3 is 2.36 bits per heavy atom. The van der Waals surface area contributed by atoms with Crippen molar-refractivity contribution in [2.45, 2.75) is 26.8 Å². The van der Waals surface area contributed by atoms with E-state index in [9.17, 15) is 19.2 Å². The van der Waals surface area contributed by atoms with E-state index >= 15 is 0 Å². The summed E-state index contributed by atoms with van der Waals surface area (Å²) >= 11 is 6.01. The molecule has 0 fully saturated rings. The molecular formula is C19H21ClN2O6. The molecule has 1 heterocycles. The van der Waals surface area contributed by atoms with Crippen molar-refractivity contribution in [2.75, 3.05) is 19.8 Å². The van der Waals surface area contributed by atoms with Crippen LogP contribution in [0.4, 0.5) is 0 Å². The van der Waals surface area contributed by atoms with Crippen molar-refractivity contribution in [1.82, 2.24) is 9.88 Å². The number of carbonyl (C=O) groups excluding carboxylic acids is 3. The zero-order valence-corrected chi connectivity index (χ0v) is 16.4. The predicted octanol–water partition coefficient (Wildman–Crippen LogP) is 1.85. The number of ether oxygens (including phenoxy) is 2. The van der Waals surface area contributed by atoms with Gasteiger partial charge in [-0.15, -0.1) is 0 Å². The molecule has 9 heteroatoms. The summed E-state index contributed by atoms with van der Waals surface area (Å²) in [4.78, 5) is 48.7. The Labute approximate surface area is 166 Å². The van der Waals surface area contributed by atoms with Gasteiger partial charge in [0.15, 0.2) is 0 Å². The minimum atomic E-state index is -0.649. The van der Waals surface area contributed by atoms with Gasteiger partial charge in [-0.3, -0.25) is 23.7 Å². The lowest BCUT2D eigenvalue weighted by Gasteiger charge is -2.05. The highest BCUT2D eigenvalue weighted by Crippen LogP contribution is 2.25. The molecule has 150 valence electrons. The average Bonchev–Trinajstić information content (AvgIpc) is 2.76. The summed E-state index contributed by atoms with van der Waals surface area (Å²) in [5, 5.41) is 2.94. The number of hydrogen-bond acceptors (Lipinski definition) is 6. The van der Waals surface area contributed by atoms with Crippen LogP contribution in [0.5, 0.6) is 0 Å². The summed E-state index contributed by atoms with van der Waals surface area (Å²) in [5.74, 6) is -1.69. The van der Waals surface area contributed by atoms with Gasteiger partial charge in [0.2, 0.25) is 0 Å². The van der Waals surface area contributed by atoms with Crippen molar-refractivity contribution in [3.63, 3.8) is 0 Å². The molecule has 8 nitrogen and oxygen atoms in total. The highest BCUT2D eigenvalue weighted by Gasteiger charge is 2.26. The van der Waals surface area contributed by atoms with Gasteiger partial charge < -0.3 is 14.8 Å². The molecule has 0 saturated heterocycles. The monoisotopic (exact) mass is 408 g/mol. The first-order valence-corrected chi connectivity index (χ1v) is 9.18. The van der Waals surface area contributed by atoms with E-state index in [-0.39, 0.29) is 38.3 Å². The average molecular weight is 409 g/mol. The minimum Gasteiger partial charge on any atom is -0.466 e. The Morgan fingerprint density at radius 1 is 1.04 bits per heavy atom. The van der Waals surface area contributed by atoms with E-state index in [1.807, 2.05) is 0 Å². The van der Waals surface area contributed by atoms with E-state index in [1.54, 1.807) is 38.1 Å². The summed E-state index contributed by atoms with van der Waals surface area (Å²) in [6.45, 7) is 3.45. The quantitative estimate of drug-likeness (QED) is 0.668. The highest BCUT2D eigenvalue weighted by molar-refractivity contribution is 6.30. The molecule has 0 aromatic rings. The maximum absolute atomic E-state index is 12.8. The summed E-state index contributed by atoms with van der Waals surface area (Å²) in [6.07, 6.45) is -0.0190. The fraction of sp³-hybridized carbons (Fsp3) is 0.368. The van der Waals surface area contributed by atoms with Crippen LogP contribution >= 0.6 is 11.6 Å². The highest BCUT2D eigenvalue weighted by atomic mass is 35.5. The second-order valence-corrected chi connectivity index (χ2v) is 6.17. The van der Waals surface area contributed by atoms with Crippen LogP contribution in [0.2, 0.25) is 5.02 Å². The van der Waals surface area contributed by atoms with Gasteiger partial charge in [-0.05, 0) is 32.0 Å². The Morgan fingerprint density at radius 2 is 1.68 bits per heavy atom. The van der Waals surface area contributed by atoms with Crippen molar-refractivity contribution < 1.29 is 23.9 Å². The van der Waals surface area contributed by atoms with Gasteiger partial charge in [0, 0.05) is 17.1 Å². The minimum absolute atomic E-state index is 0.0152. The largest absolute Gasteiger partial charge is 0.466 e. The molecule has 1 aliphatic carbocycles. The molecule has 1 amide bonds. The molecule has 0 aromatic carbocycles. The van der Waals surface area contributed by atoms with Crippen LogP contribution in [0.15, 0.2) is 29.1 Å². The summed E-state index contributed by atoms with van der Waals surface area (Å²) in [6, 6.07) is 6.22. The first-order valence-electron chi connectivity index (χ1n) is 8.80. The van der Waals surface area contributed by atoms with Crippen LogP contribution in [0, 0.1) is 0 Å². The van der Waals surface area contributed by atoms with Gasteiger partial charge in [0.25, 0.3) is 11.5 Å². The molecule has 0 saturated carbocycles. The number of hydrogen-bond donors (Lipinski definition) is 1. The van der Waals surface area contributed by atoms with Gasteiger partial charge in [-0.25, -0.2) is 0 Å². The van der Waals surface area contributed by atoms with E-state index in [1.165, 1.54) is 4.57 Å². The molecule has 0 spiro atoms. The summed E-state index contributed by atoms with van der Waals surface area (Å²) < 4.78 is 10.9. The molecule has 1 aliphatic heterocycles. The fourth-order valence-corrected chi connectivity index (χ4v) is 2.80. The molecular weight excluding hydrogens is 388 g/mol. The Bertz CT molecular complexity index is 908. The Kier molecular flexibility index (Phi) is 7.57. The molecule has 0 unspecified atom stereocenters. The van der Waals surface area contributed by atoms with E-state index in [0.29, 0.717) is 16.3 Å². The molecule has 0 bridgehead atoms. The second kappa shape index (κ2) is 9.89. The number of amides is 1. The van der Waals surface area contributed by atoms with Gasteiger partial charge in [0.05, 0.1) is 25.3 Å². The van der Waals surface area contributed by atoms with Crippen molar-refractivity contribution >= 4 is 29.4 Å². The van der Waals surface area contributed by atoms with Crippen molar-refractivity contribution in [3.8, 4) is 11.3 Å². The zero-order chi connectivity index (χ0) is 20.7. The lowest BCUT2D eigenvalue weighted by Crippen LogP contribution is -2.32. The van der Waals surface area contributed by atoms with E-state index in [0.717, 1.165) is 0 Å². The van der Waals surface area contributed by atoms with E-state index < -0.39 is 23.4 Å². The smallest absolute Gasteiger partial charge is 0.326 e. The molecule has 28 heavy (non-hydrogen) atoms. The Balaban J connectivity index is 2.35. The van der Waals surface area contributed by atoms with E-state index in [2.05, 4.69) is 5.32 Å². The van der Waals surface area contributed by atoms with Crippen LogP contribution in [0.25, 0.3) is 11.3 Å². The zero-order valence-electron chi connectivity index (χ0n) is 15.6. The van der Waals surface area contributed by atoms with Crippen LogP contribution < -0.4 is 10.9 Å². The van der Waals surface area contributed by atoms with Crippen molar-refractivity contribution in [3.05, 3.63) is 45.2 Å². The maximum atomic E-state index is 12.8. The number of aromatic nitrogens is 1. The third-order valence-corrected chi connectivity index (χ3v) is 4.10. The first-order chi connectivity index (χ1) is 13.4. The van der Waals surface area contributed by atoms with Crippen LogP contribution in [0.1, 0.15) is 30.6 Å². The molecule has 2 aliphatic rings. The second-order valence-electron chi connectivity index (χ2n) is 5.73. The van der Waals surface area contributed by atoms with Gasteiger partial charge in [0.1, 0.15) is 12.1 Å². The number of halogens is 1.